The number of halogens is 1. The van der Waals surface area contributed by atoms with Gasteiger partial charge in [-0.15, -0.1) is 11.3 Å². The monoisotopic (exact) mass is 524 g/mol. The van der Waals surface area contributed by atoms with Crippen LogP contribution in [0.15, 0.2) is 54.7 Å². The van der Waals surface area contributed by atoms with Crippen LogP contribution >= 0.6 is 22.9 Å². The summed E-state index contributed by atoms with van der Waals surface area (Å²) >= 11 is 8.09. The molecular formula is C27H29ClN4O3S. The molecule has 0 saturated carbocycles. The number of benzene rings is 2. The molecule has 2 aromatic heterocycles. The molecule has 0 fully saturated rings. The van der Waals surface area contributed by atoms with Crippen LogP contribution in [0, 0.1) is 0 Å². The lowest BCUT2D eigenvalue weighted by molar-refractivity contribution is 0.172. The highest BCUT2D eigenvalue weighted by molar-refractivity contribution is 7.15. The molecule has 0 amide bonds. The summed E-state index contributed by atoms with van der Waals surface area (Å²) in [4.78, 5) is 15.1. The smallest absolute Gasteiger partial charge is 0.227 e. The molecule has 0 spiro atoms. The second-order valence-electron chi connectivity index (χ2n) is 8.00. The molecule has 0 aliphatic rings. The van der Waals surface area contributed by atoms with Gasteiger partial charge in [0.15, 0.2) is 0 Å². The molecule has 0 unspecified atom stereocenters. The van der Waals surface area contributed by atoms with Crippen LogP contribution in [0.1, 0.15) is 24.8 Å². The van der Waals surface area contributed by atoms with Gasteiger partial charge < -0.3 is 19.5 Å². The van der Waals surface area contributed by atoms with Crippen molar-refractivity contribution >= 4 is 34.6 Å². The summed E-state index contributed by atoms with van der Waals surface area (Å²) in [6.45, 7) is 3.33. The summed E-state index contributed by atoms with van der Waals surface area (Å²) in [6.07, 6.45) is 4.47. The Morgan fingerprint density at radius 1 is 1.03 bits per heavy atom. The van der Waals surface area contributed by atoms with E-state index in [0.29, 0.717) is 29.9 Å². The number of methoxy groups -OCH3 is 2. The summed E-state index contributed by atoms with van der Waals surface area (Å²) in [6, 6.07) is 15.4. The fourth-order valence-electron chi connectivity index (χ4n) is 3.58. The number of aromatic nitrogens is 3. The van der Waals surface area contributed by atoms with Crippen molar-refractivity contribution in [3.05, 3.63) is 64.8 Å². The highest BCUT2D eigenvalue weighted by Gasteiger charge is 2.17. The first-order chi connectivity index (χ1) is 17.6. The van der Waals surface area contributed by atoms with Gasteiger partial charge in [0, 0.05) is 37.6 Å². The number of hydrogen-bond acceptors (Lipinski definition) is 8. The minimum atomic E-state index is 0.472. The molecule has 0 atom stereocenters. The standard InChI is InChI=1S/C27H29ClN4O3S/c1-4-7-24-32-25(18-8-5-9-20(16-18)34-3)26(36-24)22-12-13-29-27(31-22)30-19-10-11-23(21(28)17-19)35-15-6-14-33-2/h5,8-13,16-17H,4,6-7,14-15H2,1-3H3,(H,29,30,31). The van der Waals surface area contributed by atoms with E-state index in [4.69, 9.17) is 35.8 Å². The molecule has 9 heteroatoms. The third-order valence-electron chi connectivity index (χ3n) is 5.31. The van der Waals surface area contributed by atoms with Gasteiger partial charge in [0.05, 0.1) is 40.0 Å². The fraction of sp³-hybridized carbons (Fsp3) is 0.296. The van der Waals surface area contributed by atoms with Gasteiger partial charge in [-0.25, -0.2) is 15.0 Å². The summed E-state index contributed by atoms with van der Waals surface area (Å²) in [5.41, 5.74) is 3.45. The van der Waals surface area contributed by atoms with Gasteiger partial charge in [0.2, 0.25) is 5.95 Å². The van der Waals surface area contributed by atoms with Crippen LogP contribution < -0.4 is 14.8 Å². The Hall–Kier alpha value is -3.20. The van der Waals surface area contributed by atoms with E-state index in [1.54, 1.807) is 37.8 Å². The molecule has 4 aromatic rings. The van der Waals surface area contributed by atoms with Gasteiger partial charge in [-0.2, -0.15) is 0 Å². The van der Waals surface area contributed by atoms with Crippen molar-refractivity contribution in [2.24, 2.45) is 0 Å². The Kier molecular flexibility index (Phi) is 9.11. The van der Waals surface area contributed by atoms with E-state index in [9.17, 15) is 0 Å². The van der Waals surface area contributed by atoms with Crippen LogP contribution in [0.5, 0.6) is 11.5 Å². The molecule has 2 heterocycles. The van der Waals surface area contributed by atoms with Gasteiger partial charge in [-0.1, -0.05) is 30.7 Å². The van der Waals surface area contributed by atoms with E-state index in [2.05, 4.69) is 17.2 Å². The first-order valence-electron chi connectivity index (χ1n) is 11.8. The van der Waals surface area contributed by atoms with Crippen LogP contribution in [-0.4, -0.2) is 42.4 Å². The van der Waals surface area contributed by atoms with E-state index < -0.39 is 0 Å². The summed E-state index contributed by atoms with van der Waals surface area (Å²) in [5, 5.41) is 4.84. The third kappa shape index (κ3) is 6.51. The molecule has 0 radical (unpaired) electrons. The quantitative estimate of drug-likeness (QED) is 0.199. The zero-order valence-corrected chi connectivity index (χ0v) is 22.2. The maximum Gasteiger partial charge on any atom is 0.227 e. The summed E-state index contributed by atoms with van der Waals surface area (Å²) in [5.74, 6) is 1.89. The number of nitrogens with one attached hydrogen (secondary N) is 1. The molecule has 0 bridgehead atoms. The van der Waals surface area contributed by atoms with Crippen molar-refractivity contribution < 1.29 is 14.2 Å². The fourth-order valence-corrected chi connectivity index (χ4v) is 4.97. The van der Waals surface area contributed by atoms with Gasteiger partial charge >= 0.3 is 0 Å². The average molecular weight is 525 g/mol. The summed E-state index contributed by atoms with van der Waals surface area (Å²) < 4.78 is 16.2. The average Bonchev–Trinajstić information content (AvgIpc) is 3.32. The summed E-state index contributed by atoms with van der Waals surface area (Å²) in [7, 11) is 3.33. The molecule has 36 heavy (non-hydrogen) atoms. The predicted octanol–water partition coefficient (Wildman–Crippen LogP) is 7.04. The minimum absolute atomic E-state index is 0.472. The Morgan fingerprint density at radius 3 is 2.69 bits per heavy atom. The van der Waals surface area contributed by atoms with E-state index in [1.165, 1.54) is 0 Å². The lowest BCUT2D eigenvalue weighted by atomic mass is 10.1. The molecule has 188 valence electrons. The van der Waals surface area contributed by atoms with E-state index in [0.717, 1.165) is 57.5 Å². The SMILES string of the molecule is CCCc1nc(-c2cccc(OC)c2)c(-c2ccnc(Nc3ccc(OCCCOC)c(Cl)c3)n2)s1. The first-order valence-corrected chi connectivity index (χ1v) is 13.0. The number of hydrogen-bond donors (Lipinski definition) is 1. The number of rotatable bonds is 12. The number of nitrogens with zero attached hydrogens (tertiary/aromatic N) is 3. The second kappa shape index (κ2) is 12.7. The zero-order valence-electron chi connectivity index (χ0n) is 20.6. The normalized spacial score (nSPS) is 10.9. The van der Waals surface area contributed by atoms with Gasteiger partial charge in [0.1, 0.15) is 11.5 Å². The van der Waals surface area contributed by atoms with E-state index in [-0.39, 0.29) is 0 Å². The van der Waals surface area contributed by atoms with Crippen molar-refractivity contribution in [3.63, 3.8) is 0 Å². The lowest BCUT2D eigenvalue weighted by Crippen LogP contribution is -2.02. The number of thiazole rings is 1. The largest absolute Gasteiger partial charge is 0.497 e. The van der Waals surface area contributed by atoms with Crippen LogP contribution in [0.2, 0.25) is 5.02 Å². The lowest BCUT2D eigenvalue weighted by Gasteiger charge is -2.11. The number of ether oxygens (including phenoxy) is 3. The van der Waals surface area contributed by atoms with Crippen molar-refractivity contribution in [3.8, 4) is 33.3 Å². The molecule has 0 aliphatic heterocycles. The first kappa shape index (κ1) is 25.9. The highest BCUT2D eigenvalue weighted by atomic mass is 35.5. The molecule has 4 rings (SSSR count). The minimum Gasteiger partial charge on any atom is -0.497 e. The Morgan fingerprint density at radius 2 is 1.92 bits per heavy atom. The van der Waals surface area contributed by atoms with Crippen molar-refractivity contribution in [2.75, 3.05) is 32.8 Å². The number of aryl methyl sites for hydroxylation is 1. The van der Waals surface area contributed by atoms with Crippen LogP contribution in [-0.2, 0) is 11.2 Å². The van der Waals surface area contributed by atoms with Gasteiger partial charge in [-0.3, -0.25) is 0 Å². The second-order valence-corrected chi connectivity index (χ2v) is 9.49. The topological polar surface area (TPSA) is 78.4 Å². The Balaban J connectivity index is 1.58. The highest BCUT2D eigenvalue weighted by Crippen LogP contribution is 2.38. The maximum absolute atomic E-state index is 6.43. The molecule has 7 nitrogen and oxygen atoms in total. The van der Waals surface area contributed by atoms with Crippen LogP contribution in [0.3, 0.4) is 0 Å². The molecule has 0 aliphatic carbocycles. The van der Waals surface area contributed by atoms with E-state index in [1.807, 2.05) is 42.5 Å². The van der Waals surface area contributed by atoms with Crippen molar-refractivity contribution in [1.82, 2.24) is 15.0 Å². The molecular weight excluding hydrogens is 496 g/mol. The Labute approximate surface area is 220 Å². The van der Waals surface area contributed by atoms with E-state index >= 15 is 0 Å². The molecule has 1 N–H and O–H groups in total. The van der Waals surface area contributed by atoms with Crippen molar-refractivity contribution in [1.29, 1.82) is 0 Å². The van der Waals surface area contributed by atoms with Gasteiger partial charge in [0.25, 0.3) is 0 Å². The maximum atomic E-state index is 6.43. The van der Waals surface area contributed by atoms with Gasteiger partial charge in [-0.05, 0) is 49.2 Å². The molecule has 2 aromatic carbocycles. The van der Waals surface area contributed by atoms with Crippen molar-refractivity contribution in [2.45, 2.75) is 26.2 Å². The van der Waals surface area contributed by atoms with Crippen LogP contribution in [0.4, 0.5) is 11.6 Å². The Bertz CT molecular complexity index is 1300. The number of anilines is 2. The molecule has 0 saturated heterocycles. The van der Waals surface area contributed by atoms with Crippen LogP contribution in [0.25, 0.3) is 21.8 Å². The third-order valence-corrected chi connectivity index (χ3v) is 6.74. The zero-order chi connectivity index (χ0) is 25.3. The predicted molar refractivity (Wildman–Crippen MR) is 146 cm³/mol.